The van der Waals surface area contributed by atoms with Crippen molar-refractivity contribution in [3.05, 3.63) is 52.3 Å². The highest BCUT2D eigenvalue weighted by atomic mass is 35.5. The summed E-state index contributed by atoms with van der Waals surface area (Å²) in [6, 6.07) is 12.1. The summed E-state index contributed by atoms with van der Waals surface area (Å²) < 4.78 is 0. The van der Waals surface area contributed by atoms with Crippen LogP contribution in [0.15, 0.2) is 36.4 Å². The second kappa shape index (κ2) is 5.51. The minimum Gasteiger partial charge on any atom is -0.381 e. The van der Waals surface area contributed by atoms with E-state index >= 15 is 0 Å². The van der Waals surface area contributed by atoms with Gasteiger partial charge in [0.15, 0.2) is 0 Å². The van der Waals surface area contributed by atoms with Gasteiger partial charge in [-0.05, 0) is 31.2 Å². The molecule has 0 amide bonds. The van der Waals surface area contributed by atoms with Crippen molar-refractivity contribution < 1.29 is 0 Å². The number of hydrogen-bond acceptors (Lipinski definition) is 3. The number of nitrogens with zero attached hydrogens (tertiary/aromatic N) is 2. The Kier molecular flexibility index (Phi) is 3.72. The SMILES string of the molecule is CC1CNc2ccccc2N1Cc1nc(Cl)ccc1Cl. The normalized spacial score (nSPS) is 17.6. The fraction of sp³-hybridized carbons (Fsp3) is 0.267. The fourth-order valence-electron chi connectivity index (χ4n) is 2.45. The molecule has 20 heavy (non-hydrogen) atoms. The van der Waals surface area contributed by atoms with Crippen LogP contribution in [0.3, 0.4) is 0 Å². The number of halogens is 2. The Hall–Kier alpha value is -1.45. The van der Waals surface area contributed by atoms with Gasteiger partial charge in [0.05, 0.1) is 28.6 Å². The zero-order chi connectivity index (χ0) is 14.1. The number of anilines is 2. The molecule has 0 saturated heterocycles. The molecule has 1 aliphatic rings. The summed E-state index contributed by atoms with van der Waals surface area (Å²) in [4.78, 5) is 6.65. The summed E-state index contributed by atoms with van der Waals surface area (Å²) in [5.74, 6) is 0. The Morgan fingerprint density at radius 2 is 2.05 bits per heavy atom. The zero-order valence-corrected chi connectivity index (χ0v) is 12.6. The van der Waals surface area contributed by atoms with Crippen LogP contribution in [-0.2, 0) is 6.54 Å². The molecule has 0 radical (unpaired) electrons. The van der Waals surface area contributed by atoms with E-state index < -0.39 is 0 Å². The van der Waals surface area contributed by atoms with Crippen LogP contribution in [0.25, 0.3) is 0 Å². The van der Waals surface area contributed by atoms with Gasteiger partial charge in [0.2, 0.25) is 0 Å². The van der Waals surface area contributed by atoms with E-state index in [9.17, 15) is 0 Å². The summed E-state index contributed by atoms with van der Waals surface area (Å²) in [6.45, 7) is 3.73. The number of rotatable bonds is 2. The molecule has 1 aromatic carbocycles. The lowest BCUT2D eigenvalue weighted by Crippen LogP contribution is -2.41. The second-order valence-electron chi connectivity index (χ2n) is 4.94. The van der Waals surface area contributed by atoms with E-state index in [1.807, 2.05) is 12.1 Å². The van der Waals surface area contributed by atoms with Gasteiger partial charge in [-0.15, -0.1) is 0 Å². The van der Waals surface area contributed by atoms with Crippen molar-refractivity contribution in [3.8, 4) is 0 Å². The predicted octanol–water partition coefficient (Wildman–Crippen LogP) is 4.21. The first-order valence-corrected chi connectivity index (χ1v) is 7.31. The number of para-hydroxylation sites is 2. The fourth-order valence-corrected chi connectivity index (χ4v) is 2.78. The highest BCUT2D eigenvalue weighted by Crippen LogP contribution is 2.33. The summed E-state index contributed by atoms with van der Waals surface area (Å²) in [5, 5.41) is 4.56. The van der Waals surface area contributed by atoms with Crippen LogP contribution < -0.4 is 10.2 Å². The molecule has 1 aromatic heterocycles. The maximum atomic E-state index is 6.23. The molecular formula is C15H15Cl2N3. The average Bonchev–Trinajstić information content (AvgIpc) is 2.46. The van der Waals surface area contributed by atoms with Crippen molar-refractivity contribution in [2.75, 3.05) is 16.8 Å². The second-order valence-corrected chi connectivity index (χ2v) is 5.73. The Morgan fingerprint density at radius 1 is 1.25 bits per heavy atom. The van der Waals surface area contributed by atoms with Crippen molar-refractivity contribution in [2.24, 2.45) is 0 Å². The van der Waals surface area contributed by atoms with Gasteiger partial charge in [-0.1, -0.05) is 35.3 Å². The third-order valence-corrected chi connectivity index (χ3v) is 4.09. The van der Waals surface area contributed by atoms with Gasteiger partial charge in [-0.2, -0.15) is 0 Å². The number of nitrogens with one attached hydrogen (secondary N) is 1. The topological polar surface area (TPSA) is 28.2 Å². The highest BCUT2D eigenvalue weighted by molar-refractivity contribution is 6.32. The number of pyridine rings is 1. The molecule has 0 saturated carbocycles. The molecule has 104 valence electrons. The summed E-state index contributed by atoms with van der Waals surface area (Å²) >= 11 is 12.2. The van der Waals surface area contributed by atoms with E-state index in [-0.39, 0.29) is 0 Å². The molecule has 0 aliphatic carbocycles. The van der Waals surface area contributed by atoms with Crippen molar-refractivity contribution in [3.63, 3.8) is 0 Å². The predicted molar refractivity (Wildman–Crippen MR) is 84.8 cm³/mol. The van der Waals surface area contributed by atoms with E-state index in [0.29, 0.717) is 22.8 Å². The Morgan fingerprint density at radius 3 is 2.90 bits per heavy atom. The van der Waals surface area contributed by atoms with Crippen LogP contribution in [0.1, 0.15) is 12.6 Å². The molecule has 2 aromatic rings. The van der Waals surface area contributed by atoms with E-state index in [0.717, 1.165) is 17.9 Å². The van der Waals surface area contributed by atoms with Gasteiger partial charge in [0.25, 0.3) is 0 Å². The van der Waals surface area contributed by atoms with Gasteiger partial charge in [0, 0.05) is 12.6 Å². The number of benzene rings is 1. The van der Waals surface area contributed by atoms with Gasteiger partial charge < -0.3 is 10.2 Å². The molecule has 1 aliphatic heterocycles. The van der Waals surface area contributed by atoms with Crippen molar-refractivity contribution >= 4 is 34.6 Å². The zero-order valence-electron chi connectivity index (χ0n) is 11.1. The van der Waals surface area contributed by atoms with E-state index in [1.54, 1.807) is 12.1 Å². The smallest absolute Gasteiger partial charge is 0.129 e. The molecule has 0 bridgehead atoms. The lowest BCUT2D eigenvalue weighted by molar-refractivity contribution is 0.635. The number of fused-ring (bicyclic) bond motifs is 1. The first-order chi connectivity index (χ1) is 9.65. The molecule has 2 heterocycles. The lowest BCUT2D eigenvalue weighted by Gasteiger charge is -2.37. The number of hydrogen-bond donors (Lipinski definition) is 1. The molecule has 1 unspecified atom stereocenters. The standard InChI is InChI=1S/C15H15Cl2N3/c1-10-8-18-12-4-2-3-5-14(12)20(10)9-13-11(16)6-7-15(17)19-13/h2-7,10,18H,8-9H2,1H3. The first-order valence-electron chi connectivity index (χ1n) is 6.55. The third kappa shape index (κ3) is 2.56. The van der Waals surface area contributed by atoms with Gasteiger partial charge in [-0.25, -0.2) is 4.98 Å². The Bertz CT molecular complexity index is 630. The third-order valence-electron chi connectivity index (χ3n) is 3.54. The van der Waals surface area contributed by atoms with E-state index in [4.69, 9.17) is 23.2 Å². The molecule has 1 atom stereocenters. The first kappa shape index (κ1) is 13.5. The largest absolute Gasteiger partial charge is 0.381 e. The quantitative estimate of drug-likeness (QED) is 0.842. The maximum Gasteiger partial charge on any atom is 0.129 e. The number of aromatic nitrogens is 1. The van der Waals surface area contributed by atoms with Crippen molar-refractivity contribution in [1.29, 1.82) is 0 Å². The molecule has 1 N–H and O–H groups in total. The Labute approximate surface area is 128 Å². The van der Waals surface area contributed by atoms with Crippen molar-refractivity contribution in [2.45, 2.75) is 19.5 Å². The van der Waals surface area contributed by atoms with Crippen LogP contribution in [0, 0.1) is 0 Å². The average molecular weight is 308 g/mol. The van der Waals surface area contributed by atoms with E-state index in [2.05, 4.69) is 34.3 Å². The van der Waals surface area contributed by atoms with Crippen LogP contribution in [0.2, 0.25) is 10.2 Å². The van der Waals surface area contributed by atoms with Crippen LogP contribution in [0.5, 0.6) is 0 Å². The molecular weight excluding hydrogens is 293 g/mol. The van der Waals surface area contributed by atoms with Gasteiger partial charge in [0.1, 0.15) is 5.15 Å². The highest BCUT2D eigenvalue weighted by Gasteiger charge is 2.23. The minimum absolute atomic E-state index is 0.363. The van der Waals surface area contributed by atoms with Gasteiger partial charge >= 0.3 is 0 Å². The summed E-state index contributed by atoms with van der Waals surface area (Å²) in [7, 11) is 0. The Balaban J connectivity index is 1.95. The van der Waals surface area contributed by atoms with Crippen LogP contribution in [-0.4, -0.2) is 17.6 Å². The van der Waals surface area contributed by atoms with Crippen molar-refractivity contribution in [1.82, 2.24) is 4.98 Å². The molecule has 3 rings (SSSR count). The molecule has 0 fully saturated rings. The maximum absolute atomic E-state index is 6.23. The van der Waals surface area contributed by atoms with Crippen LogP contribution >= 0.6 is 23.2 Å². The molecule has 3 nitrogen and oxygen atoms in total. The summed E-state index contributed by atoms with van der Waals surface area (Å²) in [6.07, 6.45) is 0. The molecule has 0 spiro atoms. The monoisotopic (exact) mass is 307 g/mol. The van der Waals surface area contributed by atoms with E-state index in [1.165, 1.54) is 5.69 Å². The summed E-state index contributed by atoms with van der Waals surface area (Å²) in [5.41, 5.74) is 3.12. The molecule has 5 heteroatoms. The van der Waals surface area contributed by atoms with Gasteiger partial charge in [-0.3, -0.25) is 0 Å². The lowest BCUT2D eigenvalue weighted by atomic mass is 10.1. The minimum atomic E-state index is 0.363. The van der Waals surface area contributed by atoms with Crippen LogP contribution in [0.4, 0.5) is 11.4 Å².